The maximum atomic E-state index is 11.9. The second-order valence-corrected chi connectivity index (χ2v) is 6.56. The van der Waals surface area contributed by atoms with Crippen molar-refractivity contribution in [2.45, 2.75) is 38.1 Å². The first-order chi connectivity index (χ1) is 8.79. The number of rotatable bonds is 3. The Kier molecular flexibility index (Phi) is 3.53. The molecule has 7 nitrogen and oxygen atoms in total. The summed E-state index contributed by atoms with van der Waals surface area (Å²) in [6, 6.07) is -0.300. The van der Waals surface area contributed by atoms with Gasteiger partial charge in [0.2, 0.25) is 5.91 Å². The highest BCUT2D eigenvalue weighted by atomic mass is 32.2. The minimum absolute atomic E-state index is 0.0729. The van der Waals surface area contributed by atoms with Gasteiger partial charge in [0.15, 0.2) is 5.82 Å². The Balaban J connectivity index is 2.23. The predicted octanol–water partition coefficient (Wildman–Crippen LogP) is 0.354. The van der Waals surface area contributed by atoms with Gasteiger partial charge in [-0.15, -0.1) is 11.8 Å². The Morgan fingerprint density at radius 1 is 1.63 bits per heavy atom. The number of nitrogens with zero attached hydrogens (tertiary/aromatic N) is 3. The van der Waals surface area contributed by atoms with Crippen molar-refractivity contribution in [3.05, 3.63) is 11.6 Å². The lowest BCUT2D eigenvalue weighted by Crippen LogP contribution is -2.48. The summed E-state index contributed by atoms with van der Waals surface area (Å²) in [5.41, 5.74) is 0. The fourth-order valence-electron chi connectivity index (χ4n) is 1.84. The molecule has 0 aliphatic carbocycles. The first-order valence-corrected chi connectivity index (χ1v) is 6.86. The molecule has 1 fully saturated rings. The molecule has 0 unspecified atom stereocenters. The first kappa shape index (κ1) is 13.9. The molecular weight excluding hydrogens is 268 g/mol. The highest BCUT2D eigenvalue weighted by Gasteiger charge is 2.37. The van der Waals surface area contributed by atoms with Crippen molar-refractivity contribution < 1.29 is 14.7 Å². The Morgan fingerprint density at radius 2 is 2.32 bits per heavy atom. The van der Waals surface area contributed by atoms with Gasteiger partial charge in [0, 0.05) is 5.75 Å². The molecule has 1 saturated heterocycles. The van der Waals surface area contributed by atoms with Gasteiger partial charge in [-0.05, 0) is 20.8 Å². The summed E-state index contributed by atoms with van der Waals surface area (Å²) in [5.74, 6) is 0.588. The number of amides is 1. The molecule has 1 aliphatic rings. The molecule has 0 bridgehead atoms. The smallest absolute Gasteiger partial charge is 0.325 e. The van der Waals surface area contributed by atoms with Gasteiger partial charge in [-0.1, -0.05) is 0 Å². The normalized spacial score (nSPS) is 22.1. The van der Waals surface area contributed by atoms with Crippen LogP contribution in [0.1, 0.15) is 31.5 Å². The summed E-state index contributed by atoms with van der Waals surface area (Å²) >= 11 is 1.53. The van der Waals surface area contributed by atoms with Crippen LogP contribution in [0.2, 0.25) is 0 Å². The molecule has 1 aromatic heterocycles. The SMILES string of the molecule is Cc1nc([C@@H]2CSC(C)(C)C(=O)N2)n(CC(=O)O)n1. The van der Waals surface area contributed by atoms with E-state index >= 15 is 0 Å². The molecule has 0 saturated carbocycles. The fourth-order valence-corrected chi connectivity index (χ4v) is 2.85. The average Bonchev–Trinajstić information content (AvgIpc) is 2.62. The molecule has 0 radical (unpaired) electrons. The zero-order valence-electron chi connectivity index (χ0n) is 11.0. The highest BCUT2D eigenvalue weighted by molar-refractivity contribution is 8.01. The average molecular weight is 284 g/mol. The van der Waals surface area contributed by atoms with Crippen molar-refractivity contribution in [2.75, 3.05) is 5.75 Å². The van der Waals surface area contributed by atoms with E-state index < -0.39 is 10.7 Å². The van der Waals surface area contributed by atoms with Crippen molar-refractivity contribution in [3.63, 3.8) is 0 Å². The molecule has 2 N–H and O–H groups in total. The number of hydrogen-bond donors (Lipinski definition) is 2. The van der Waals surface area contributed by atoms with E-state index in [-0.39, 0.29) is 18.5 Å². The Bertz CT molecular complexity index is 526. The third kappa shape index (κ3) is 2.89. The lowest BCUT2D eigenvalue weighted by molar-refractivity contribution is -0.137. The van der Waals surface area contributed by atoms with Gasteiger partial charge in [0.05, 0.1) is 10.8 Å². The number of nitrogens with one attached hydrogen (secondary N) is 1. The molecule has 104 valence electrons. The van der Waals surface area contributed by atoms with E-state index in [1.54, 1.807) is 6.92 Å². The van der Waals surface area contributed by atoms with E-state index in [9.17, 15) is 9.59 Å². The Hall–Kier alpha value is -1.57. The van der Waals surface area contributed by atoms with Crippen LogP contribution in [0.25, 0.3) is 0 Å². The number of thioether (sulfide) groups is 1. The summed E-state index contributed by atoms with van der Waals surface area (Å²) in [4.78, 5) is 27.0. The van der Waals surface area contributed by atoms with Gasteiger partial charge in [0.1, 0.15) is 12.4 Å². The van der Waals surface area contributed by atoms with Gasteiger partial charge < -0.3 is 10.4 Å². The van der Waals surface area contributed by atoms with E-state index in [2.05, 4.69) is 15.4 Å². The number of carboxylic acid groups (broad SMARTS) is 1. The number of carbonyl (C=O) groups is 2. The van der Waals surface area contributed by atoms with E-state index in [1.807, 2.05) is 13.8 Å². The first-order valence-electron chi connectivity index (χ1n) is 5.87. The van der Waals surface area contributed by atoms with Gasteiger partial charge in [0.25, 0.3) is 0 Å². The van der Waals surface area contributed by atoms with Crippen LogP contribution in [-0.2, 0) is 16.1 Å². The summed E-state index contributed by atoms with van der Waals surface area (Å²) < 4.78 is 0.866. The zero-order chi connectivity index (χ0) is 14.2. The molecule has 1 aromatic rings. The van der Waals surface area contributed by atoms with Crippen LogP contribution in [-0.4, -0.2) is 42.2 Å². The van der Waals surface area contributed by atoms with Crippen molar-refractivity contribution in [1.29, 1.82) is 0 Å². The second kappa shape index (κ2) is 4.84. The standard InChI is InChI=1S/C11H16N4O3S/c1-6-12-9(15(14-6)4-8(16)17)7-5-19-11(2,3)10(18)13-7/h7H,4-5H2,1-3H3,(H,13,18)(H,16,17)/t7-/m0/s1. The number of hydrogen-bond acceptors (Lipinski definition) is 5. The summed E-state index contributed by atoms with van der Waals surface area (Å²) in [6.07, 6.45) is 0. The maximum Gasteiger partial charge on any atom is 0.325 e. The van der Waals surface area contributed by atoms with Crippen LogP contribution in [0.3, 0.4) is 0 Å². The van der Waals surface area contributed by atoms with Gasteiger partial charge >= 0.3 is 5.97 Å². The fraction of sp³-hybridized carbons (Fsp3) is 0.636. The van der Waals surface area contributed by atoms with Crippen molar-refractivity contribution >= 4 is 23.6 Å². The molecule has 0 spiro atoms. The number of aliphatic carboxylic acids is 1. The predicted molar refractivity (Wildman–Crippen MR) is 69.8 cm³/mol. The lowest BCUT2D eigenvalue weighted by Gasteiger charge is -2.33. The third-order valence-electron chi connectivity index (χ3n) is 2.87. The van der Waals surface area contributed by atoms with Crippen LogP contribution in [0, 0.1) is 6.92 Å². The third-order valence-corrected chi connectivity index (χ3v) is 4.27. The zero-order valence-corrected chi connectivity index (χ0v) is 11.8. The molecule has 8 heteroatoms. The largest absolute Gasteiger partial charge is 0.480 e. The number of aryl methyl sites for hydroxylation is 1. The van der Waals surface area contributed by atoms with E-state index in [1.165, 1.54) is 16.4 Å². The van der Waals surface area contributed by atoms with Crippen LogP contribution in [0.4, 0.5) is 0 Å². The summed E-state index contributed by atoms with van der Waals surface area (Å²) in [6.45, 7) is 5.16. The molecular formula is C11H16N4O3S. The molecule has 1 amide bonds. The molecule has 19 heavy (non-hydrogen) atoms. The summed E-state index contributed by atoms with van der Waals surface area (Å²) in [5, 5.41) is 15.8. The number of aromatic nitrogens is 3. The van der Waals surface area contributed by atoms with E-state index in [0.717, 1.165) is 0 Å². The van der Waals surface area contributed by atoms with Crippen molar-refractivity contribution in [3.8, 4) is 0 Å². The van der Waals surface area contributed by atoms with Gasteiger partial charge in [-0.2, -0.15) is 5.10 Å². The van der Waals surface area contributed by atoms with Crippen LogP contribution in [0.5, 0.6) is 0 Å². The molecule has 1 atom stereocenters. The van der Waals surface area contributed by atoms with E-state index in [4.69, 9.17) is 5.11 Å². The molecule has 2 rings (SSSR count). The maximum absolute atomic E-state index is 11.9. The van der Waals surface area contributed by atoms with Crippen LogP contribution in [0.15, 0.2) is 0 Å². The van der Waals surface area contributed by atoms with E-state index in [0.29, 0.717) is 17.4 Å². The van der Waals surface area contributed by atoms with Crippen molar-refractivity contribution in [2.24, 2.45) is 0 Å². The minimum atomic E-state index is -0.985. The summed E-state index contributed by atoms with van der Waals surface area (Å²) in [7, 11) is 0. The van der Waals surface area contributed by atoms with Gasteiger partial charge in [-0.3, -0.25) is 9.59 Å². The highest BCUT2D eigenvalue weighted by Crippen LogP contribution is 2.33. The monoisotopic (exact) mass is 284 g/mol. The molecule has 1 aliphatic heterocycles. The molecule has 2 heterocycles. The Labute approximate surface area is 114 Å². The van der Waals surface area contributed by atoms with Crippen LogP contribution >= 0.6 is 11.8 Å². The minimum Gasteiger partial charge on any atom is -0.480 e. The Morgan fingerprint density at radius 3 is 2.89 bits per heavy atom. The second-order valence-electron chi connectivity index (χ2n) is 4.92. The molecule has 0 aromatic carbocycles. The number of carboxylic acids is 1. The van der Waals surface area contributed by atoms with Crippen LogP contribution < -0.4 is 5.32 Å². The number of carbonyl (C=O) groups excluding carboxylic acids is 1. The topological polar surface area (TPSA) is 97.1 Å². The quantitative estimate of drug-likeness (QED) is 0.831. The van der Waals surface area contributed by atoms with Gasteiger partial charge in [-0.25, -0.2) is 9.67 Å². The van der Waals surface area contributed by atoms with Crippen molar-refractivity contribution in [1.82, 2.24) is 20.1 Å². The lowest BCUT2D eigenvalue weighted by atomic mass is 10.1.